The van der Waals surface area contributed by atoms with Gasteiger partial charge in [-0.2, -0.15) is 13.2 Å². The van der Waals surface area contributed by atoms with Gasteiger partial charge >= 0.3 is 6.18 Å². The summed E-state index contributed by atoms with van der Waals surface area (Å²) in [6.07, 6.45) is -2.84. The molecule has 0 spiro atoms. The highest BCUT2D eigenvalue weighted by atomic mass is 35.5. The Bertz CT molecular complexity index is 1060. The van der Waals surface area contributed by atoms with E-state index >= 15 is 0 Å². The van der Waals surface area contributed by atoms with Crippen LogP contribution < -0.4 is 0 Å². The number of halogens is 5. The summed E-state index contributed by atoms with van der Waals surface area (Å²) in [6, 6.07) is 9.58. The monoisotopic (exact) mass is 408 g/mol. The van der Waals surface area contributed by atoms with Crippen LogP contribution in [0.1, 0.15) is 16.8 Å². The average molecular weight is 409 g/mol. The highest BCUT2D eigenvalue weighted by molar-refractivity contribution is 6.31. The van der Waals surface area contributed by atoms with Crippen molar-refractivity contribution in [3.05, 3.63) is 70.1 Å². The van der Waals surface area contributed by atoms with E-state index in [0.717, 1.165) is 53.7 Å². The molecule has 3 aromatic rings. The van der Waals surface area contributed by atoms with Crippen molar-refractivity contribution in [1.29, 1.82) is 0 Å². The van der Waals surface area contributed by atoms with Crippen LogP contribution in [0.3, 0.4) is 0 Å². The van der Waals surface area contributed by atoms with Gasteiger partial charge < -0.3 is 9.47 Å². The van der Waals surface area contributed by atoms with Crippen LogP contribution in [0.15, 0.2) is 42.5 Å². The van der Waals surface area contributed by atoms with Gasteiger partial charge in [0.1, 0.15) is 5.82 Å². The number of fused-ring (bicyclic) bond motifs is 3. The molecule has 2 heterocycles. The molecule has 1 aromatic heterocycles. The van der Waals surface area contributed by atoms with Crippen molar-refractivity contribution in [3.63, 3.8) is 0 Å². The molecular weight excluding hydrogens is 392 g/mol. The van der Waals surface area contributed by atoms with Gasteiger partial charge in [0.2, 0.25) is 0 Å². The first-order valence-electron chi connectivity index (χ1n) is 8.79. The van der Waals surface area contributed by atoms with Gasteiger partial charge in [0.15, 0.2) is 0 Å². The number of rotatable bonds is 2. The van der Waals surface area contributed by atoms with Gasteiger partial charge in [-0.3, -0.25) is 0 Å². The predicted octanol–water partition coefficient (Wildman–Crippen LogP) is 5.98. The van der Waals surface area contributed by atoms with Gasteiger partial charge in [0.05, 0.1) is 11.1 Å². The molecule has 0 radical (unpaired) electrons. The maximum Gasteiger partial charge on any atom is 0.418 e. The predicted molar refractivity (Wildman–Crippen MR) is 104 cm³/mol. The Hall–Kier alpha value is -2.31. The van der Waals surface area contributed by atoms with Crippen molar-refractivity contribution in [1.82, 2.24) is 9.47 Å². The number of benzene rings is 2. The van der Waals surface area contributed by atoms with Crippen molar-refractivity contribution in [3.8, 4) is 0 Å². The number of alkyl halides is 3. The smallest absolute Gasteiger partial charge is 0.319 e. The Morgan fingerprint density at radius 2 is 1.82 bits per heavy atom. The Morgan fingerprint density at radius 3 is 2.50 bits per heavy atom. The molecule has 0 unspecified atom stereocenters. The van der Waals surface area contributed by atoms with Gasteiger partial charge in [-0.25, -0.2) is 4.39 Å². The zero-order valence-corrected chi connectivity index (χ0v) is 15.8. The summed E-state index contributed by atoms with van der Waals surface area (Å²) in [5.74, 6) is -0.577. The quantitative estimate of drug-likeness (QED) is 0.473. The fourth-order valence-corrected chi connectivity index (χ4v) is 3.89. The highest BCUT2D eigenvalue weighted by Crippen LogP contribution is 2.38. The molecule has 7 heteroatoms. The van der Waals surface area contributed by atoms with Crippen molar-refractivity contribution in [2.75, 3.05) is 13.6 Å². The Labute approximate surface area is 164 Å². The third kappa shape index (κ3) is 3.42. The topological polar surface area (TPSA) is 8.17 Å². The minimum absolute atomic E-state index is 0.0774. The molecule has 4 rings (SSSR count). The lowest BCUT2D eigenvalue weighted by Gasteiger charge is -2.24. The molecule has 2 nitrogen and oxygen atoms in total. The molecule has 1 aliphatic heterocycles. The molecular formula is C21H17ClF4N2. The van der Waals surface area contributed by atoms with Crippen molar-refractivity contribution >= 4 is 34.3 Å². The molecule has 146 valence electrons. The van der Waals surface area contributed by atoms with Crippen LogP contribution in [0.5, 0.6) is 0 Å². The maximum atomic E-state index is 13.9. The summed E-state index contributed by atoms with van der Waals surface area (Å²) < 4.78 is 56.4. The Morgan fingerprint density at radius 1 is 1.11 bits per heavy atom. The number of likely N-dealkylation sites (N-methyl/N-ethyl adjacent to an activating group) is 1. The van der Waals surface area contributed by atoms with Crippen LogP contribution in [0.2, 0.25) is 5.02 Å². The third-order valence-electron chi connectivity index (χ3n) is 5.06. The van der Waals surface area contributed by atoms with E-state index in [9.17, 15) is 17.6 Å². The maximum absolute atomic E-state index is 13.9. The van der Waals surface area contributed by atoms with Crippen LogP contribution in [-0.2, 0) is 13.0 Å². The first-order valence-corrected chi connectivity index (χ1v) is 9.16. The van der Waals surface area contributed by atoms with E-state index in [0.29, 0.717) is 23.5 Å². The van der Waals surface area contributed by atoms with Crippen LogP contribution in [0.25, 0.3) is 22.7 Å². The molecule has 0 aliphatic carbocycles. The number of allylic oxidation sites excluding steroid dienone is 1. The zero-order valence-electron chi connectivity index (χ0n) is 15.0. The van der Waals surface area contributed by atoms with E-state index in [1.54, 1.807) is 22.8 Å². The van der Waals surface area contributed by atoms with E-state index in [-0.39, 0.29) is 5.56 Å². The standard InChI is InChI=1S/C21H17ClF4N2/c1-27-9-8-20-17(11-27)16-10-14(22)4-7-19(16)28(20)12-18(21(24,25)26)13-2-5-15(23)6-3-13/h2-7,10,12H,8-9,11H2,1H3. The van der Waals surface area contributed by atoms with Gasteiger partial charge in [-0.15, -0.1) is 0 Å². The fourth-order valence-electron chi connectivity index (χ4n) is 3.72. The second kappa shape index (κ2) is 6.94. The first-order chi connectivity index (χ1) is 13.2. The number of aromatic nitrogens is 1. The highest BCUT2D eigenvalue weighted by Gasteiger charge is 2.35. The van der Waals surface area contributed by atoms with Gasteiger partial charge in [-0.1, -0.05) is 23.7 Å². The minimum atomic E-state index is -4.58. The number of hydrogen-bond donors (Lipinski definition) is 0. The molecule has 0 bridgehead atoms. The normalized spacial score (nSPS) is 15.9. The largest absolute Gasteiger partial charge is 0.418 e. The molecule has 28 heavy (non-hydrogen) atoms. The Balaban J connectivity index is 1.98. The van der Waals surface area contributed by atoms with Crippen LogP contribution >= 0.6 is 11.6 Å². The zero-order chi connectivity index (χ0) is 20.1. The van der Waals surface area contributed by atoms with Crippen molar-refractivity contribution in [2.45, 2.75) is 19.1 Å². The summed E-state index contributed by atoms with van der Waals surface area (Å²) >= 11 is 6.14. The third-order valence-corrected chi connectivity index (χ3v) is 5.29. The van der Waals surface area contributed by atoms with Gasteiger partial charge in [0.25, 0.3) is 0 Å². The summed E-state index contributed by atoms with van der Waals surface area (Å²) in [4.78, 5) is 2.13. The van der Waals surface area contributed by atoms with Crippen molar-refractivity contribution < 1.29 is 17.6 Å². The van der Waals surface area contributed by atoms with Crippen LogP contribution in [0, 0.1) is 5.82 Å². The molecule has 0 fully saturated rings. The fraction of sp³-hybridized carbons (Fsp3) is 0.238. The molecule has 0 saturated heterocycles. The van der Waals surface area contributed by atoms with E-state index in [4.69, 9.17) is 11.6 Å². The van der Waals surface area contributed by atoms with Crippen LogP contribution in [-0.4, -0.2) is 29.2 Å². The average Bonchev–Trinajstić information content (AvgIpc) is 2.92. The van der Waals surface area contributed by atoms with E-state index in [1.807, 2.05) is 7.05 Å². The van der Waals surface area contributed by atoms with E-state index in [2.05, 4.69) is 4.90 Å². The van der Waals surface area contributed by atoms with Gasteiger partial charge in [-0.05, 0) is 48.5 Å². The molecule has 0 atom stereocenters. The van der Waals surface area contributed by atoms with E-state index < -0.39 is 17.6 Å². The van der Waals surface area contributed by atoms with E-state index in [1.165, 1.54) is 0 Å². The Kier molecular flexibility index (Phi) is 4.71. The lowest BCUT2D eigenvalue weighted by atomic mass is 10.0. The lowest BCUT2D eigenvalue weighted by Crippen LogP contribution is -2.27. The number of hydrogen-bond acceptors (Lipinski definition) is 1. The summed E-state index contributed by atoms with van der Waals surface area (Å²) in [7, 11) is 1.98. The minimum Gasteiger partial charge on any atom is -0.319 e. The molecule has 2 aromatic carbocycles. The second-order valence-electron chi connectivity index (χ2n) is 6.99. The SMILES string of the molecule is CN1CCc2c(c3cc(Cl)ccc3n2C=C(c2ccc(F)cc2)C(F)(F)F)C1. The molecule has 1 aliphatic rings. The molecule has 0 amide bonds. The van der Waals surface area contributed by atoms with Crippen LogP contribution in [0.4, 0.5) is 17.6 Å². The lowest BCUT2D eigenvalue weighted by molar-refractivity contribution is -0.0684. The van der Waals surface area contributed by atoms with Crippen molar-refractivity contribution in [2.24, 2.45) is 0 Å². The molecule has 0 N–H and O–H groups in total. The molecule has 0 saturated carbocycles. The summed E-state index contributed by atoms with van der Waals surface area (Å²) in [5, 5.41) is 1.39. The number of nitrogens with zero attached hydrogens (tertiary/aromatic N) is 2. The first kappa shape index (κ1) is 19.0. The van der Waals surface area contributed by atoms with Gasteiger partial charge in [0, 0.05) is 41.8 Å². The second-order valence-corrected chi connectivity index (χ2v) is 7.43. The summed E-state index contributed by atoms with van der Waals surface area (Å²) in [6.45, 7) is 1.40. The summed E-state index contributed by atoms with van der Waals surface area (Å²) in [5.41, 5.74) is 1.61.